The van der Waals surface area contributed by atoms with Crippen LogP contribution >= 0.6 is 0 Å². The van der Waals surface area contributed by atoms with Gasteiger partial charge in [0.2, 0.25) is 0 Å². The molecule has 0 atom stereocenters. The van der Waals surface area contributed by atoms with Crippen molar-refractivity contribution < 1.29 is 17.9 Å². The molecule has 1 aromatic carbocycles. The lowest BCUT2D eigenvalue weighted by molar-refractivity contribution is -0.274. The minimum atomic E-state index is -4.75. The van der Waals surface area contributed by atoms with E-state index < -0.39 is 6.36 Å². The van der Waals surface area contributed by atoms with Crippen molar-refractivity contribution in [3.8, 4) is 28.4 Å². The van der Waals surface area contributed by atoms with Gasteiger partial charge >= 0.3 is 6.36 Å². The molecule has 0 bridgehead atoms. The number of aromatic nitrogens is 5. The number of alkyl halides is 3. The average molecular weight is 480 g/mol. The van der Waals surface area contributed by atoms with Gasteiger partial charge in [0.25, 0.3) is 5.56 Å². The predicted molar refractivity (Wildman–Crippen MR) is 120 cm³/mol. The van der Waals surface area contributed by atoms with Crippen molar-refractivity contribution >= 4 is 0 Å². The number of nitrogens with one attached hydrogen (secondary N) is 1. The minimum Gasteiger partial charge on any atom is -0.406 e. The van der Waals surface area contributed by atoms with Crippen LogP contribution < -0.4 is 10.3 Å². The number of fused-ring (bicyclic) bond motifs is 1. The number of nitrogens with zero attached hydrogens (tertiary/aromatic N) is 5. The van der Waals surface area contributed by atoms with Gasteiger partial charge in [0.15, 0.2) is 0 Å². The Morgan fingerprint density at radius 3 is 2.63 bits per heavy atom. The van der Waals surface area contributed by atoms with Gasteiger partial charge < -0.3 is 9.72 Å². The van der Waals surface area contributed by atoms with Gasteiger partial charge in [0.05, 0.1) is 22.5 Å². The third-order valence-electron chi connectivity index (χ3n) is 5.58. The Balaban J connectivity index is 1.28. The predicted octanol–water partition coefficient (Wildman–Crippen LogP) is 3.75. The number of benzene rings is 1. The highest BCUT2D eigenvalue weighted by Crippen LogP contribution is 2.27. The van der Waals surface area contributed by atoms with E-state index in [1.807, 2.05) is 6.07 Å². The third-order valence-corrected chi connectivity index (χ3v) is 5.58. The van der Waals surface area contributed by atoms with E-state index in [4.69, 9.17) is 0 Å². The maximum Gasteiger partial charge on any atom is 0.573 e. The Morgan fingerprint density at radius 1 is 1.06 bits per heavy atom. The van der Waals surface area contributed by atoms with Crippen LogP contribution in [0.1, 0.15) is 16.8 Å². The Hall–Kier alpha value is -4.12. The molecule has 11 heteroatoms. The summed E-state index contributed by atoms with van der Waals surface area (Å²) >= 11 is 0. The lowest BCUT2D eigenvalue weighted by Crippen LogP contribution is -2.35. The first-order valence-electron chi connectivity index (χ1n) is 10.7. The number of rotatable bonds is 5. The third kappa shape index (κ3) is 5.35. The van der Waals surface area contributed by atoms with E-state index in [-0.39, 0.29) is 11.3 Å². The maximum absolute atomic E-state index is 12.7. The fraction of sp³-hybridized carbons (Fsp3) is 0.208. The van der Waals surface area contributed by atoms with Gasteiger partial charge in [0, 0.05) is 50.2 Å². The van der Waals surface area contributed by atoms with E-state index >= 15 is 0 Å². The fourth-order valence-corrected chi connectivity index (χ4v) is 3.97. The summed E-state index contributed by atoms with van der Waals surface area (Å²) in [6.07, 6.45) is 2.17. The summed E-state index contributed by atoms with van der Waals surface area (Å²) < 4.78 is 41.5. The Morgan fingerprint density at radius 2 is 1.89 bits per heavy atom. The zero-order chi connectivity index (χ0) is 24.4. The van der Waals surface area contributed by atoms with Crippen LogP contribution in [0.15, 0.2) is 66.1 Å². The second-order valence-corrected chi connectivity index (χ2v) is 8.05. The molecule has 0 spiro atoms. The van der Waals surface area contributed by atoms with Crippen LogP contribution in [-0.4, -0.2) is 42.7 Å². The molecule has 1 aliphatic rings. The molecule has 4 heterocycles. The van der Waals surface area contributed by atoms with Gasteiger partial charge in [-0.05, 0) is 23.8 Å². The summed E-state index contributed by atoms with van der Waals surface area (Å²) in [5.74, 6) is 0.155. The van der Waals surface area contributed by atoms with Gasteiger partial charge in [-0.2, -0.15) is 0 Å². The van der Waals surface area contributed by atoms with Gasteiger partial charge in [-0.1, -0.05) is 18.2 Å². The molecule has 0 amide bonds. The van der Waals surface area contributed by atoms with Crippen molar-refractivity contribution in [2.45, 2.75) is 25.9 Å². The van der Waals surface area contributed by atoms with E-state index in [0.717, 1.165) is 11.3 Å². The summed E-state index contributed by atoms with van der Waals surface area (Å²) in [6.45, 7) is 1.73. The van der Waals surface area contributed by atoms with Crippen LogP contribution in [0, 0.1) is 0 Å². The van der Waals surface area contributed by atoms with Crippen molar-refractivity contribution in [2.75, 3.05) is 6.54 Å². The van der Waals surface area contributed by atoms with Crippen molar-refractivity contribution in [1.29, 1.82) is 0 Å². The van der Waals surface area contributed by atoms with Gasteiger partial charge in [-0.3, -0.25) is 14.7 Å². The standard InChI is InChI=1S/C24H19F3N6O2/c25-24(26,27)35-18-3-1-2-16(8-18)20-5-4-15(9-30-20)12-33-7-6-21-19(13-33)23(34)32-22(31-21)17-10-28-14-29-11-17/h1-5,8-11,14H,6-7,12-13H2,(H,31,32,34). The molecular weight excluding hydrogens is 461 g/mol. The number of ether oxygens (including phenoxy) is 1. The average Bonchev–Trinajstić information content (AvgIpc) is 2.84. The lowest BCUT2D eigenvalue weighted by Gasteiger charge is -2.27. The molecule has 0 saturated heterocycles. The van der Waals surface area contributed by atoms with E-state index in [1.165, 1.54) is 24.5 Å². The topological polar surface area (TPSA) is 96.9 Å². The number of hydrogen-bond donors (Lipinski definition) is 1. The molecule has 35 heavy (non-hydrogen) atoms. The summed E-state index contributed by atoms with van der Waals surface area (Å²) in [7, 11) is 0. The summed E-state index contributed by atoms with van der Waals surface area (Å²) in [4.78, 5) is 34.6. The highest BCUT2D eigenvalue weighted by molar-refractivity contribution is 5.61. The van der Waals surface area contributed by atoms with E-state index in [1.54, 1.807) is 30.7 Å². The first-order chi connectivity index (χ1) is 16.8. The molecular formula is C24H19F3N6O2. The number of aromatic amines is 1. The lowest BCUT2D eigenvalue weighted by atomic mass is 10.1. The number of pyridine rings is 1. The number of hydrogen-bond acceptors (Lipinski definition) is 7. The molecule has 0 fully saturated rings. The van der Waals surface area contributed by atoms with Crippen LogP contribution in [0.25, 0.3) is 22.6 Å². The van der Waals surface area contributed by atoms with Crippen molar-refractivity contribution in [3.63, 3.8) is 0 Å². The largest absolute Gasteiger partial charge is 0.573 e. The molecule has 4 aromatic rings. The quantitative estimate of drug-likeness (QED) is 0.465. The van der Waals surface area contributed by atoms with Crippen LogP contribution in [-0.2, 0) is 19.5 Å². The molecule has 0 unspecified atom stereocenters. The summed E-state index contributed by atoms with van der Waals surface area (Å²) in [5.41, 5.74) is 3.82. The maximum atomic E-state index is 12.7. The first-order valence-corrected chi connectivity index (χ1v) is 10.7. The molecule has 5 rings (SSSR count). The first kappa shape index (κ1) is 22.7. The summed E-state index contributed by atoms with van der Waals surface area (Å²) in [6, 6.07) is 9.32. The fourth-order valence-electron chi connectivity index (χ4n) is 3.97. The van der Waals surface area contributed by atoms with E-state index in [0.29, 0.717) is 54.3 Å². The molecule has 8 nitrogen and oxygen atoms in total. The zero-order valence-electron chi connectivity index (χ0n) is 18.3. The molecule has 178 valence electrons. The molecule has 0 aliphatic carbocycles. The second-order valence-electron chi connectivity index (χ2n) is 8.05. The van der Waals surface area contributed by atoms with Crippen molar-refractivity contribution in [3.05, 3.63) is 88.5 Å². The number of halogens is 3. The molecule has 1 aliphatic heterocycles. The Kier molecular flexibility index (Phi) is 6.00. The number of H-pyrrole nitrogens is 1. The highest BCUT2D eigenvalue weighted by atomic mass is 19.4. The summed E-state index contributed by atoms with van der Waals surface area (Å²) in [5, 5.41) is 0. The molecule has 0 saturated carbocycles. The second kappa shape index (κ2) is 9.26. The molecule has 3 aromatic heterocycles. The van der Waals surface area contributed by atoms with Crippen LogP contribution in [0.3, 0.4) is 0 Å². The van der Waals surface area contributed by atoms with E-state index in [9.17, 15) is 18.0 Å². The molecule has 1 N–H and O–H groups in total. The van der Waals surface area contributed by atoms with Gasteiger partial charge in [0.1, 0.15) is 17.9 Å². The van der Waals surface area contributed by atoms with E-state index in [2.05, 4.69) is 34.6 Å². The van der Waals surface area contributed by atoms with Gasteiger partial charge in [-0.25, -0.2) is 15.0 Å². The SMILES string of the molecule is O=c1[nH]c(-c2cncnc2)nc2c1CN(Cc1ccc(-c3cccc(OC(F)(F)F)c3)nc1)CC2. The zero-order valence-corrected chi connectivity index (χ0v) is 18.3. The van der Waals surface area contributed by atoms with Crippen molar-refractivity contribution in [2.24, 2.45) is 0 Å². The minimum absolute atomic E-state index is 0.187. The van der Waals surface area contributed by atoms with Crippen LogP contribution in [0.4, 0.5) is 13.2 Å². The van der Waals surface area contributed by atoms with Crippen LogP contribution in [0.2, 0.25) is 0 Å². The normalized spacial score (nSPS) is 13.9. The van der Waals surface area contributed by atoms with Crippen LogP contribution in [0.5, 0.6) is 5.75 Å². The molecule has 0 radical (unpaired) electrons. The monoisotopic (exact) mass is 480 g/mol. The smallest absolute Gasteiger partial charge is 0.406 e. The van der Waals surface area contributed by atoms with Crippen molar-refractivity contribution in [1.82, 2.24) is 29.8 Å². The highest BCUT2D eigenvalue weighted by Gasteiger charge is 2.31. The Labute approximate surface area is 197 Å². The Bertz CT molecular complexity index is 1390. The van der Waals surface area contributed by atoms with Gasteiger partial charge in [-0.15, -0.1) is 13.2 Å².